The van der Waals surface area contributed by atoms with E-state index in [1.807, 2.05) is 6.92 Å². The number of hydrogen-bond donors (Lipinski definition) is 3. The van der Waals surface area contributed by atoms with Gasteiger partial charge in [-0.15, -0.1) is 0 Å². The van der Waals surface area contributed by atoms with Crippen LogP contribution in [0.2, 0.25) is 0 Å². The molecular formula is C19H27F3N4O4. The van der Waals surface area contributed by atoms with E-state index in [1.165, 1.54) is 24.3 Å². The molecule has 0 aromatic heterocycles. The van der Waals surface area contributed by atoms with Crippen LogP contribution < -0.4 is 15.4 Å². The SMILES string of the molecule is CCNC(=NCC(O)COc1ccc([N+](=O)[O-])cc1)NC1CCCC(C(F)(F)F)C1. The number of nitrogens with zero attached hydrogens (tertiary/aromatic N) is 2. The minimum atomic E-state index is -4.19. The number of aliphatic hydroxyl groups is 1. The van der Waals surface area contributed by atoms with Gasteiger partial charge in [0.15, 0.2) is 5.96 Å². The molecule has 8 nitrogen and oxygen atoms in total. The summed E-state index contributed by atoms with van der Waals surface area (Å²) >= 11 is 0. The maximum atomic E-state index is 13.0. The first-order valence-electron chi connectivity index (χ1n) is 9.86. The highest BCUT2D eigenvalue weighted by molar-refractivity contribution is 5.80. The van der Waals surface area contributed by atoms with Crippen LogP contribution in [0, 0.1) is 16.0 Å². The fraction of sp³-hybridized carbons (Fsp3) is 0.632. The number of non-ortho nitro benzene ring substituents is 1. The standard InChI is InChI=1S/C19H27F3N4O4/c1-2-23-18(25-14-5-3-4-13(10-14)19(20,21)22)24-11-16(27)12-30-17-8-6-15(7-9-17)26(28)29/h6-9,13-14,16,27H,2-5,10-12H2,1H3,(H2,23,24,25). The van der Waals surface area contributed by atoms with E-state index in [9.17, 15) is 28.4 Å². The average Bonchev–Trinajstić information content (AvgIpc) is 2.70. The van der Waals surface area contributed by atoms with Crippen LogP contribution in [-0.2, 0) is 0 Å². The van der Waals surface area contributed by atoms with Crippen molar-refractivity contribution < 1.29 is 27.9 Å². The molecule has 0 saturated heterocycles. The Kier molecular flexibility index (Phi) is 8.70. The molecule has 3 unspecified atom stereocenters. The number of nitrogens with one attached hydrogen (secondary N) is 2. The molecule has 0 amide bonds. The molecule has 0 spiro atoms. The lowest BCUT2D eigenvalue weighted by molar-refractivity contribution is -0.384. The summed E-state index contributed by atoms with van der Waals surface area (Å²) in [7, 11) is 0. The zero-order chi connectivity index (χ0) is 22.1. The summed E-state index contributed by atoms with van der Waals surface area (Å²) in [5, 5.41) is 26.7. The largest absolute Gasteiger partial charge is 0.491 e. The average molecular weight is 432 g/mol. The predicted octanol–water partition coefficient (Wildman–Crippen LogP) is 3.01. The smallest absolute Gasteiger partial charge is 0.391 e. The molecule has 0 heterocycles. The predicted molar refractivity (Wildman–Crippen MR) is 106 cm³/mol. The van der Waals surface area contributed by atoms with Crippen molar-refractivity contribution in [2.24, 2.45) is 10.9 Å². The minimum Gasteiger partial charge on any atom is -0.491 e. The third-order valence-corrected chi connectivity index (χ3v) is 4.77. The molecule has 2 rings (SSSR count). The van der Waals surface area contributed by atoms with Crippen LogP contribution in [-0.4, -0.2) is 54.0 Å². The van der Waals surface area contributed by atoms with Crippen molar-refractivity contribution in [1.29, 1.82) is 0 Å². The van der Waals surface area contributed by atoms with Crippen LogP contribution in [0.3, 0.4) is 0 Å². The van der Waals surface area contributed by atoms with Gasteiger partial charge in [-0.1, -0.05) is 6.42 Å². The summed E-state index contributed by atoms with van der Waals surface area (Å²) in [4.78, 5) is 14.3. The number of guanidine groups is 1. The number of alkyl halides is 3. The molecular weight excluding hydrogens is 405 g/mol. The third-order valence-electron chi connectivity index (χ3n) is 4.77. The van der Waals surface area contributed by atoms with E-state index in [0.717, 1.165) is 0 Å². The number of aliphatic imine (C=N–C) groups is 1. The zero-order valence-corrected chi connectivity index (χ0v) is 16.7. The second-order valence-electron chi connectivity index (χ2n) is 7.18. The van der Waals surface area contributed by atoms with Gasteiger partial charge < -0.3 is 20.5 Å². The molecule has 1 saturated carbocycles. The quantitative estimate of drug-likeness (QED) is 0.252. The minimum absolute atomic E-state index is 0.000275. The van der Waals surface area contributed by atoms with Crippen LogP contribution in [0.5, 0.6) is 5.75 Å². The molecule has 1 fully saturated rings. The lowest BCUT2D eigenvalue weighted by Gasteiger charge is -2.32. The maximum absolute atomic E-state index is 13.0. The Morgan fingerprint density at radius 2 is 2.07 bits per heavy atom. The summed E-state index contributed by atoms with van der Waals surface area (Å²) in [6.07, 6.45) is -3.88. The van der Waals surface area contributed by atoms with Crippen molar-refractivity contribution in [3.63, 3.8) is 0 Å². The molecule has 11 heteroatoms. The molecule has 0 radical (unpaired) electrons. The normalized spacial score (nSPS) is 21.0. The second kappa shape index (κ2) is 11.0. The number of nitro benzene ring substituents is 1. The van der Waals surface area contributed by atoms with Gasteiger partial charge >= 0.3 is 6.18 Å². The van der Waals surface area contributed by atoms with E-state index >= 15 is 0 Å². The third kappa shape index (κ3) is 7.69. The zero-order valence-electron chi connectivity index (χ0n) is 16.7. The molecule has 168 valence electrons. The Hall–Kier alpha value is -2.56. The van der Waals surface area contributed by atoms with Crippen LogP contribution in [0.15, 0.2) is 29.3 Å². The Labute approximate surface area is 172 Å². The number of rotatable bonds is 8. The monoisotopic (exact) mass is 432 g/mol. The maximum Gasteiger partial charge on any atom is 0.391 e. The summed E-state index contributed by atoms with van der Waals surface area (Å²) < 4.78 is 44.3. The molecule has 0 aliphatic heterocycles. The molecule has 1 aliphatic carbocycles. The highest BCUT2D eigenvalue weighted by Gasteiger charge is 2.42. The van der Waals surface area contributed by atoms with Crippen LogP contribution in [0.25, 0.3) is 0 Å². The van der Waals surface area contributed by atoms with Gasteiger partial charge in [0.25, 0.3) is 5.69 Å². The summed E-state index contributed by atoms with van der Waals surface area (Å²) in [6.45, 7) is 2.26. The van der Waals surface area contributed by atoms with E-state index in [1.54, 1.807) is 0 Å². The number of aliphatic hydroxyl groups excluding tert-OH is 1. The Morgan fingerprint density at radius 3 is 2.67 bits per heavy atom. The summed E-state index contributed by atoms with van der Waals surface area (Å²) in [5.74, 6) is -0.596. The highest BCUT2D eigenvalue weighted by atomic mass is 19.4. The van der Waals surface area contributed by atoms with Gasteiger partial charge in [-0.25, -0.2) is 0 Å². The van der Waals surface area contributed by atoms with Crippen molar-refractivity contribution in [2.75, 3.05) is 19.7 Å². The first-order valence-corrected chi connectivity index (χ1v) is 9.86. The van der Waals surface area contributed by atoms with Gasteiger partial charge in [0, 0.05) is 24.7 Å². The van der Waals surface area contributed by atoms with Crippen molar-refractivity contribution in [1.82, 2.24) is 10.6 Å². The molecule has 3 N–H and O–H groups in total. The van der Waals surface area contributed by atoms with E-state index in [-0.39, 0.29) is 37.7 Å². The fourth-order valence-electron chi connectivity index (χ4n) is 3.24. The Balaban J connectivity index is 1.84. The lowest BCUT2D eigenvalue weighted by atomic mass is 9.85. The van der Waals surface area contributed by atoms with E-state index in [4.69, 9.17) is 4.74 Å². The van der Waals surface area contributed by atoms with Gasteiger partial charge in [-0.3, -0.25) is 15.1 Å². The van der Waals surface area contributed by atoms with Crippen molar-refractivity contribution >= 4 is 11.6 Å². The summed E-state index contributed by atoms with van der Waals surface area (Å²) in [5.41, 5.74) is -0.0654. The van der Waals surface area contributed by atoms with Crippen LogP contribution in [0.4, 0.5) is 18.9 Å². The number of ether oxygens (including phenoxy) is 1. The topological polar surface area (TPSA) is 109 Å². The molecule has 30 heavy (non-hydrogen) atoms. The molecule has 0 bridgehead atoms. The van der Waals surface area contributed by atoms with E-state index < -0.39 is 23.1 Å². The number of nitro groups is 1. The first kappa shape index (κ1) is 23.7. The number of hydrogen-bond acceptors (Lipinski definition) is 5. The Morgan fingerprint density at radius 1 is 1.37 bits per heavy atom. The first-order chi connectivity index (χ1) is 14.2. The van der Waals surface area contributed by atoms with Crippen molar-refractivity contribution in [2.45, 2.75) is 50.9 Å². The molecule has 1 aromatic carbocycles. The van der Waals surface area contributed by atoms with E-state index in [2.05, 4.69) is 15.6 Å². The fourth-order valence-corrected chi connectivity index (χ4v) is 3.24. The lowest BCUT2D eigenvalue weighted by Crippen LogP contribution is -2.47. The number of halogens is 3. The van der Waals surface area contributed by atoms with Crippen LogP contribution in [0.1, 0.15) is 32.6 Å². The van der Waals surface area contributed by atoms with Crippen molar-refractivity contribution in [3.8, 4) is 5.75 Å². The molecule has 1 aliphatic rings. The number of benzene rings is 1. The van der Waals surface area contributed by atoms with E-state index in [0.29, 0.717) is 31.1 Å². The summed E-state index contributed by atoms with van der Waals surface area (Å²) in [6, 6.07) is 5.12. The van der Waals surface area contributed by atoms with Gasteiger partial charge in [0.1, 0.15) is 18.5 Å². The molecule has 1 aromatic rings. The van der Waals surface area contributed by atoms with Gasteiger partial charge in [-0.05, 0) is 38.3 Å². The second-order valence-corrected chi connectivity index (χ2v) is 7.18. The van der Waals surface area contributed by atoms with Crippen molar-refractivity contribution in [3.05, 3.63) is 34.4 Å². The van der Waals surface area contributed by atoms with Crippen LogP contribution >= 0.6 is 0 Å². The van der Waals surface area contributed by atoms with Gasteiger partial charge in [0.2, 0.25) is 0 Å². The Bertz CT molecular complexity index is 713. The van der Waals surface area contributed by atoms with Gasteiger partial charge in [0.05, 0.1) is 17.4 Å². The van der Waals surface area contributed by atoms with Gasteiger partial charge in [-0.2, -0.15) is 13.2 Å². The highest BCUT2D eigenvalue weighted by Crippen LogP contribution is 2.37. The molecule has 3 atom stereocenters.